The van der Waals surface area contributed by atoms with Crippen molar-refractivity contribution in [1.82, 2.24) is 0 Å². The molecule has 0 bridgehead atoms. The second-order valence-electron chi connectivity index (χ2n) is 2.78. The van der Waals surface area contributed by atoms with Crippen molar-refractivity contribution in [1.29, 1.82) is 0 Å². The minimum absolute atomic E-state index is 0.0787. The van der Waals surface area contributed by atoms with Crippen LogP contribution < -0.4 is 5.73 Å². The fourth-order valence-corrected chi connectivity index (χ4v) is 1.28. The normalized spacial score (nSPS) is 9.83. The molecule has 0 aliphatic rings. The van der Waals surface area contributed by atoms with E-state index < -0.39 is 0 Å². The number of aromatic hydroxyl groups is 1. The molecule has 1 aromatic carbocycles. The van der Waals surface area contributed by atoms with E-state index in [9.17, 15) is 4.79 Å². The zero-order valence-electron chi connectivity index (χ0n) is 7.09. The lowest BCUT2D eigenvalue weighted by molar-refractivity contribution is 0.101. The minimum atomic E-state index is -0.0787. The Bertz CT molecular complexity index is 308. The van der Waals surface area contributed by atoms with E-state index in [1.165, 1.54) is 19.1 Å². The maximum absolute atomic E-state index is 11.0. The van der Waals surface area contributed by atoms with Crippen LogP contribution in [-0.4, -0.2) is 10.9 Å². The fourth-order valence-electron chi connectivity index (χ4n) is 1.28. The molecule has 3 heteroatoms. The topological polar surface area (TPSA) is 63.3 Å². The molecule has 0 saturated carbocycles. The van der Waals surface area contributed by atoms with Gasteiger partial charge in [0.25, 0.3) is 0 Å². The van der Waals surface area contributed by atoms with Gasteiger partial charge in [0, 0.05) is 17.3 Å². The van der Waals surface area contributed by atoms with Gasteiger partial charge in [0.1, 0.15) is 5.75 Å². The summed E-state index contributed by atoms with van der Waals surface area (Å²) < 4.78 is 0. The number of hydrogen-bond donors (Lipinski definition) is 2. The number of hydrogen-bond acceptors (Lipinski definition) is 3. The molecule has 12 heavy (non-hydrogen) atoms. The van der Waals surface area contributed by atoms with E-state index in [1.807, 2.05) is 0 Å². The third kappa shape index (κ3) is 1.39. The molecular formula is C9H11NO2. The quantitative estimate of drug-likeness (QED) is 0.489. The van der Waals surface area contributed by atoms with E-state index >= 15 is 0 Å². The number of phenols is 1. The first-order valence-electron chi connectivity index (χ1n) is 3.62. The first kappa shape index (κ1) is 8.59. The lowest BCUT2D eigenvalue weighted by Gasteiger charge is -2.05. The van der Waals surface area contributed by atoms with E-state index in [-0.39, 0.29) is 11.5 Å². The number of nitrogen functional groups attached to an aromatic ring is 1. The minimum Gasteiger partial charge on any atom is -0.508 e. The molecule has 0 fully saturated rings. The van der Waals surface area contributed by atoms with Crippen LogP contribution in [0.3, 0.4) is 0 Å². The van der Waals surface area contributed by atoms with Crippen LogP contribution in [0.5, 0.6) is 5.75 Å². The SMILES string of the molecule is CC(=O)c1c(C)cc(O)cc1N. The average Bonchev–Trinajstić information content (AvgIpc) is 1.82. The molecule has 1 rings (SSSR count). The number of rotatable bonds is 1. The molecule has 0 aromatic heterocycles. The number of anilines is 1. The lowest BCUT2D eigenvalue weighted by Crippen LogP contribution is -2.01. The maximum atomic E-state index is 11.0. The molecule has 0 aliphatic heterocycles. The van der Waals surface area contributed by atoms with E-state index in [0.717, 1.165) is 0 Å². The van der Waals surface area contributed by atoms with Gasteiger partial charge in [0.05, 0.1) is 0 Å². The van der Waals surface area contributed by atoms with E-state index in [0.29, 0.717) is 16.8 Å². The molecule has 0 unspecified atom stereocenters. The van der Waals surface area contributed by atoms with E-state index in [2.05, 4.69) is 0 Å². The highest BCUT2D eigenvalue weighted by molar-refractivity contribution is 6.00. The first-order chi connectivity index (χ1) is 5.52. The number of ketones is 1. The number of benzene rings is 1. The largest absolute Gasteiger partial charge is 0.508 e. The van der Waals surface area contributed by atoms with Crippen molar-refractivity contribution in [2.75, 3.05) is 5.73 Å². The number of carbonyl (C=O) groups is 1. The van der Waals surface area contributed by atoms with Crippen LogP contribution in [0.25, 0.3) is 0 Å². The van der Waals surface area contributed by atoms with Crippen molar-refractivity contribution < 1.29 is 9.90 Å². The fraction of sp³-hybridized carbons (Fsp3) is 0.222. The summed E-state index contributed by atoms with van der Waals surface area (Å²) in [6.45, 7) is 3.20. The third-order valence-corrected chi connectivity index (χ3v) is 1.70. The van der Waals surface area contributed by atoms with Crippen LogP contribution in [0.1, 0.15) is 22.8 Å². The maximum Gasteiger partial charge on any atom is 0.162 e. The van der Waals surface area contributed by atoms with Gasteiger partial charge in [-0.3, -0.25) is 4.79 Å². The van der Waals surface area contributed by atoms with Crippen LogP contribution in [-0.2, 0) is 0 Å². The number of nitrogens with two attached hydrogens (primary N) is 1. The highest BCUT2D eigenvalue weighted by Crippen LogP contribution is 2.23. The van der Waals surface area contributed by atoms with Crippen molar-refractivity contribution >= 4 is 11.5 Å². The summed E-state index contributed by atoms with van der Waals surface area (Å²) in [5.74, 6) is 0.0139. The van der Waals surface area contributed by atoms with Gasteiger partial charge < -0.3 is 10.8 Å². The summed E-state index contributed by atoms with van der Waals surface area (Å²) in [7, 11) is 0. The average molecular weight is 165 g/mol. The second-order valence-corrected chi connectivity index (χ2v) is 2.78. The van der Waals surface area contributed by atoms with Gasteiger partial charge in [-0.25, -0.2) is 0 Å². The van der Waals surface area contributed by atoms with Crippen LogP contribution >= 0.6 is 0 Å². The van der Waals surface area contributed by atoms with E-state index in [4.69, 9.17) is 10.8 Å². The highest BCUT2D eigenvalue weighted by Gasteiger charge is 2.08. The smallest absolute Gasteiger partial charge is 0.162 e. The molecule has 1 aromatic rings. The summed E-state index contributed by atoms with van der Waals surface area (Å²) in [5, 5.41) is 9.11. The predicted molar refractivity (Wildman–Crippen MR) is 47.3 cm³/mol. The Balaban J connectivity index is 3.38. The standard InChI is InChI=1S/C9H11NO2/c1-5-3-7(12)4-8(10)9(5)6(2)11/h3-4,12H,10H2,1-2H3. The van der Waals surface area contributed by atoms with Gasteiger partial charge in [-0.15, -0.1) is 0 Å². The van der Waals surface area contributed by atoms with Crippen molar-refractivity contribution in [3.63, 3.8) is 0 Å². The Hall–Kier alpha value is -1.51. The summed E-state index contributed by atoms with van der Waals surface area (Å²) in [6.07, 6.45) is 0. The Labute approximate surface area is 70.8 Å². The lowest BCUT2D eigenvalue weighted by atomic mass is 10.0. The van der Waals surface area contributed by atoms with Gasteiger partial charge in [-0.05, 0) is 25.5 Å². The van der Waals surface area contributed by atoms with Gasteiger partial charge >= 0.3 is 0 Å². The molecule has 64 valence electrons. The van der Waals surface area contributed by atoms with Crippen molar-refractivity contribution in [2.24, 2.45) is 0 Å². The summed E-state index contributed by atoms with van der Waals surface area (Å²) in [6, 6.07) is 2.90. The first-order valence-corrected chi connectivity index (χ1v) is 3.62. The molecule has 0 radical (unpaired) electrons. The zero-order chi connectivity index (χ0) is 9.30. The molecule has 0 atom stereocenters. The van der Waals surface area contributed by atoms with Crippen molar-refractivity contribution in [2.45, 2.75) is 13.8 Å². The molecule has 3 nitrogen and oxygen atoms in total. The number of phenolic OH excluding ortho intramolecular Hbond substituents is 1. The summed E-state index contributed by atoms with van der Waals surface area (Å²) in [5.41, 5.74) is 7.08. The van der Waals surface area contributed by atoms with Crippen LogP contribution in [0, 0.1) is 6.92 Å². The second kappa shape index (κ2) is 2.85. The van der Waals surface area contributed by atoms with Crippen LogP contribution in [0.4, 0.5) is 5.69 Å². The predicted octanol–water partition coefficient (Wildman–Crippen LogP) is 1.49. The highest BCUT2D eigenvalue weighted by atomic mass is 16.3. The van der Waals surface area contributed by atoms with Crippen LogP contribution in [0.15, 0.2) is 12.1 Å². The number of Topliss-reactive ketones (excluding diaryl/α,β-unsaturated/α-hetero) is 1. The Morgan fingerprint density at radius 1 is 1.50 bits per heavy atom. The molecule has 3 N–H and O–H groups in total. The number of aryl methyl sites for hydroxylation is 1. The monoisotopic (exact) mass is 165 g/mol. The van der Waals surface area contributed by atoms with Crippen molar-refractivity contribution in [3.8, 4) is 5.75 Å². The molecule has 0 aliphatic carbocycles. The molecule has 0 saturated heterocycles. The van der Waals surface area contributed by atoms with Gasteiger partial charge in [-0.1, -0.05) is 0 Å². The third-order valence-electron chi connectivity index (χ3n) is 1.70. The van der Waals surface area contributed by atoms with Gasteiger partial charge in [0.2, 0.25) is 0 Å². The van der Waals surface area contributed by atoms with Crippen LogP contribution in [0.2, 0.25) is 0 Å². The zero-order valence-corrected chi connectivity index (χ0v) is 7.09. The van der Waals surface area contributed by atoms with Crippen molar-refractivity contribution in [3.05, 3.63) is 23.3 Å². The molecule has 0 heterocycles. The molecular weight excluding hydrogens is 154 g/mol. The molecule has 0 amide bonds. The Kier molecular flexibility index (Phi) is 2.04. The van der Waals surface area contributed by atoms with Gasteiger partial charge in [-0.2, -0.15) is 0 Å². The Morgan fingerprint density at radius 3 is 2.50 bits per heavy atom. The molecule has 0 spiro atoms. The summed E-state index contributed by atoms with van der Waals surface area (Å²) in [4.78, 5) is 11.0. The van der Waals surface area contributed by atoms with E-state index in [1.54, 1.807) is 6.92 Å². The Morgan fingerprint density at radius 2 is 2.08 bits per heavy atom. The van der Waals surface area contributed by atoms with Gasteiger partial charge in [0.15, 0.2) is 5.78 Å². The summed E-state index contributed by atoms with van der Waals surface area (Å²) >= 11 is 0. The number of carbonyl (C=O) groups excluding carboxylic acids is 1.